The molecule has 3 rings (SSSR count). The lowest BCUT2D eigenvalue weighted by molar-refractivity contribution is -0.137. The van der Waals surface area contributed by atoms with Crippen LogP contribution in [0.15, 0.2) is 53.7 Å². The highest BCUT2D eigenvalue weighted by Crippen LogP contribution is 2.30. The zero-order valence-corrected chi connectivity index (χ0v) is 18.1. The molecule has 166 valence electrons. The lowest BCUT2D eigenvalue weighted by Crippen LogP contribution is -2.37. The summed E-state index contributed by atoms with van der Waals surface area (Å²) in [6, 6.07) is 12.3. The molecule has 1 atom stereocenters. The molecule has 0 spiro atoms. The van der Waals surface area contributed by atoms with E-state index in [1.165, 1.54) is 6.07 Å². The Bertz CT molecular complexity index is 960. The second kappa shape index (κ2) is 9.73. The Morgan fingerprint density at radius 1 is 1.23 bits per heavy atom. The van der Waals surface area contributed by atoms with E-state index in [1.807, 2.05) is 32.0 Å². The molecule has 1 aliphatic heterocycles. The van der Waals surface area contributed by atoms with Crippen molar-refractivity contribution in [3.8, 4) is 0 Å². The molecule has 8 heteroatoms. The minimum absolute atomic E-state index is 0.0662. The number of carbonyl (C=O) groups is 1. The number of nitrogens with zero attached hydrogens (tertiary/aromatic N) is 2. The molecule has 0 aromatic heterocycles. The fourth-order valence-electron chi connectivity index (χ4n) is 3.43. The number of carbonyl (C=O) groups excluding carboxylic acids is 1. The van der Waals surface area contributed by atoms with Crippen molar-refractivity contribution in [1.82, 2.24) is 4.90 Å². The smallest absolute Gasteiger partial charge is 0.390 e. The minimum Gasteiger partial charge on any atom is -0.390 e. The first-order chi connectivity index (χ1) is 14.6. The third-order valence-electron chi connectivity index (χ3n) is 4.91. The molecule has 0 saturated carbocycles. The predicted octanol–water partition coefficient (Wildman–Crippen LogP) is 5.93. The highest BCUT2D eigenvalue weighted by molar-refractivity contribution is 6.34. The maximum atomic E-state index is 13.1. The summed E-state index contributed by atoms with van der Waals surface area (Å²) in [6.45, 7) is 4.13. The molecular formula is C23H24ClF3N2O2. The van der Waals surface area contributed by atoms with E-state index in [9.17, 15) is 18.0 Å². The molecule has 2 aromatic carbocycles. The van der Waals surface area contributed by atoms with Crippen molar-refractivity contribution >= 4 is 23.2 Å². The molecule has 0 N–H and O–H groups in total. The molecule has 1 heterocycles. The van der Waals surface area contributed by atoms with Gasteiger partial charge in [-0.3, -0.25) is 4.79 Å². The van der Waals surface area contributed by atoms with E-state index in [0.717, 1.165) is 17.7 Å². The van der Waals surface area contributed by atoms with Crippen molar-refractivity contribution in [2.75, 3.05) is 6.54 Å². The summed E-state index contributed by atoms with van der Waals surface area (Å²) in [5.74, 6) is -0.0156. The van der Waals surface area contributed by atoms with E-state index < -0.39 is 17.8 Å². The van der Waals surface area contributed by atoms with Gasteiger partial charge in [0.2, 0.25) is 5.91 Å². The van der Waals surface area contributed by atoms with Crippen LogP contribution in [0.3, 0.4) is 0 Å². The van der Waals surface area contributed by atoms with Gasteiger partial charge in [0.25, 0.3) is 0 Å². The van der Waals surface area contributed by atoms with Gasteiger partial charge in [-0.25, -0.2) is 0 Å². The van der Waals surface area contributed by atoms with Crippen molar-refractivity contribution in [2.24, 2.45) is 11.1 Å². The summed E-state index contributed by atoms with van der Waals surface area (Å²) >= 11 is 6.23. The van der Waals surface area contributed by atoms with E-state index in [0.29, 0.717) is 29.1 Å². The molecular weight excluding hydrogens is 429 g/mol. The van der Waals surface area contributed by atoms with Crippen molar-refractivity contribution in [3.63, 3.8) is 0 Å². The molecule has 1 unspecified atom stereocenters. The van der Waals surface area contributed by atoms with Gasteiger partial charge in [0.15, 0.2) is 6.10 Å². The quantitative estimate of drug-likeness (QED) is 0.522. The average Bonchev–Trinajstić information content (AvgIpc) is 3.15. The van der Waals surface area contributed by atoms with Gasteiger partial charge in [0.1, 0.15) is 0 Å². The lowest BCUT2D eigenvalue weighted by Gasteiger charge is -2.26. The van der Waals surface area contributed by atoms with E-state index in [-0.39, 0.29) is 24.9 Å². The number of hydrogen-bond donors (Lipinski definition) is 0. The SMILES string of the molecule is CC(C)CC(=O)N(Cc1cccc(C(F)(F)F)c1)CC1CC(c2ccccc2Cl)=NO1. The van der Waals surface area contributed by atoms with Crippen LogP contribution < -0.4 is 0 Å². The number of halogens is 4. The van der Waals surface area contributed by atoms with E-state index in [1.54, 1.807) is 17.0 Å². The number of amides is 1. The summed E-state index contributed by atoms with van der Waals surface area (Å²) in [6.07, 6.45) is -4.08. The maximum Gasteiger partial charge on any atom is 0.416 e. The second-order valence-electron chi connectivity index (χ2n) is 8.02. The number of rotatable bonds is 7. The Balaban J connectivity index is 1.73. The van der Waals surface area contributed by atoms with Crippen LogP contribution in [-0.4, -0.2) is 29.2 Å². The van der Waals surface area contributed by atoms with Gasteiger partial charge in [-0.2, -0.15) is 13.2 Å². The van der Waals surface area contributed by atoms with E-state index in [2.05, 4.69) is 5.16 Å². The predicted molar refractivity (Wildman–Crippen MR) is 114 cm³/mol. The van der Waals surface area contributed by atoms with Crippen molar-refractivity contribution < 1.29 is 22.8 Å². The topological polar surface area (TPSA) is 41.9 Å². The Labute approximate surface area is 184 Å². The number of benzene rings is 2. The van der Waals surface area contributed by atoms with E-state index in [4.69, 9.17) is 16.4 Å². The molecule has 1 amide bonds. The van der Waals surface area contributed by atoms with Crippen LogP contribution in [0, 0.1) is 5.92 Å². The van der Waals surface area contributed by atoms with Crippen LogP contribution in [0.4, 0.5) is 13.2 Å². The largest absolute Gasteiger partial charge is 0.416 e. The molecule has 0 fully saturated rings. The zero-order chi connectivity index (χ0) is 22.6. The molecule has 0 saturated heterocycles. The highest BCUT2D eigenvalue weighted by Gasteiger charge is 2.31. The average molecular weight is 453 g/mol. The van der Waals surface area contributed by atoms with Crippen molar-refractivity contribution in [2.45, 2.75) is 45.5 Å². The zero-order valence-electron chi connectivity index (χ0n) is 17.3. The monoisotopic (exact) mass is 452 g/mol. The van der Waals surface area contributed by atoms with Gasteiger partial charge in [0, 0.05) is 30.0 Å². The molecule has 1 aliphatic rings. The fourth-order valence-corrected chi connectivity index (χ4v) is 3.67. The normalized spacial score (nSPS) is 16.2. The van der Waals surface area contributed by atoms with Crippen LogP contribution in [0.1, 0.15) is 43.4 Å². The molecule has 0 radical (unpaired) electrons. The number of hydrogen-bond acceptors (Lipinski definition) is 3. The lowest BCUT2D eigenvalue weighted by atomic mass is 10.0. The summed E-state index contributed by atoms with van der Waals surface area (Å²) in [4.78, 5) is 19.9. The van der Waals surface area contributed by atoms with Gasteiger partial charge < -0.3 is 9.74 Å². The Hall–Kier alpha value is -2.54. The summed E-state index contributed by atoms with van der Waals surface area (Å²) in [5.41, 5.74) is 1.13. The first kappa shape index (κ1) is 23.1. The van der Waals surface area contributed by atoms with Gasteiger partial charge in [-0.1, -0.05) is 60.9 Å². The maximum absolute atomic E-state index is 13.1. The second-order valence-corrected chi connectivity index (χ2v) is 8.43. The third-order valence-corrected chi connectivity index (χ3v) is 5.23. The van der Waals surface area contributed by atoms with Gasteiger partial charge in [-0.15, -0.1) is 0 Å². The fraction of sp³-hybridized carbons (Fsp3) is 0.391. The third kappa shape index (κ3) is 6.23. The first-order valence-electron chi connectivity index (χ1n) is 10.0. The molecule has 4 nitrogen and oxygen atoms in total. The summed E-state index contributed by atoms with van der Waals surface area (Å²) in [5, 5.41) is 4.68. The minimum atomic E-state index is -4.44. The Morgan fingerprint density at radius 2 is 1.97 bits per heavy atom. The Morgan fingerprint density at radius 3 is 2.65 bits per heavy atom. The van der Waals surface area contributed by atoms with Crippen molar-refractivity contribution in [3.05, 3.63) is 70.2 Å². The number of oxime groups is 1. The Kier molecular flexibility index (Phi) is 7.26. The van der Waals surface area contributed by atoms with Crippen LogP contribution >= 0.6 is 11.6 Å². The van der Waals surface area contributed by atoms with Crippen LogP contribution in [0.5, 0.6) is 0 Å². The first-order valence-corrected chi connectivity index (χ1v) is 10.4. The van der Waals surface area contributed by atoms with Crippen LogP contribution in [0.2, 0.25) is 5.02 Å². The molecule has 0 aliphatic carbocycles. The van der Waals surface area contributed by atoms with Crippen LogP contribution in [0.25, 0.3) is 0 Å². The van der Waals surface area contributed by atoms with Gasteiger partial charge in [-0.05, 0) is 29.7 Å². The van der Waals surface area contributed by atoms with Crippen LogP contribution in [-0.2, 0) is 22.4 Å². The molecule has 31 heavy (non-hydrogen) atoms. The van der Waals surface area contributed by atoms with E-state index >= 15 is 0 Å². The van der Waals surface area contributed by atoms with Gasteiger partial charge >= 0.3 is 6.18 Å². The molecule has 2 aromatic rings. The summed E-state index contributed by atoms with van der Waals surface area (Å²) in [7, 11) is 0. The standard InChI is InChI=1S/C23H24ClF3N2O2/c1-15(2)10-22(30)29(13-16-6-5-7-17(11-16)23(25,26)27)14-18-12-21(28-31-18)19-8-3-4-9-20(19)24/h3-9,11,15,18H,10,12-14H2,1-2H3. The number of alkyl halides is 3. The molecule has 0 bridgehead atoms. The highest BCUT2D eigenvalue weighted by atomic mass is 35.5. The van der Waals surface area contributed by atoms with Crippen molar-refractivity contribution in [1.29, 1.82) is 0 Å². The summed E-state index contributed by atoms with van der Waals surface area (Å²) < 4.78 is 39.2. The van der Waals surface area contributed by atoms with Gasteiger partial charge in [0.05, 0.1) is 17.8 Å².